The summed E-state index contributed by atoms with van der Waals surface area (Å²) in [5, 5.41) is 18.1. The Labute approximate surface area is 438 Å². The van der Waals surface area contributed by atoms with E-state index >= 15 is 0 Å². The van der Waals surface area contributed by atoms with Gasteiger partial charge in [-0.25, -0.2) is 0 Å². The van der Waals surface area contributed by atoms with E-state index in [1.807, 2.05) is 71.9 Å². The van der Waals surface area contributed by atoms with E-state index in [1.54, 1.807) is 6.92 Å². The lowest BCUT2D eigenvalue weighted by Crippen LogP contribution is -2.41. The lowest BCUT2D eigenvalue weighted by molar-refractivity contribution is -0.167. The summed E-state index contributed by atoms with van der Waals surface area (Å²) in [7, 11) is 0. The van der Waals surface area contributed by atoms with Crippen LogP contribution in [0.5, 0.6) is 0 Å². The van der Waals surface area contributed by atoms with Crippen LogP contribution in [0.3, 0.4) is 0 Å². The third kappa shape index (κ3) is 37.0. The van der Waals surface area contributed by atoms with Crippen LogP contribution in [-0.4, -0.2) is 185 Å². The normalized spacial score (nSPS) is 14.6. The minimum atomic E-state index is -1.24. The molecule has 432 valence electrons. The molecule has 1 rings (SSSR count). The largest absolute Gasteiger partial charge is 0.461 e. The fraction of sp³-hybridized carbons (Fsp3) is 0.708. The number of carbonyl (C=O) groups excluding carboxylic acids is 8. The number of nitrogens with two attached hydrogens (primary N) is 8. The van der Waals surface area contributed by atoms with Gasteiger partial charge in [-0.05, 0) is 55.9 Å². The molecule has 9 atom stereocenters. The first kappa shape index (κ1) is 71.6. The van der Waals surface area contributed by atoms with Gasteiger partial charge in [0.2, 0.25) is 0 Å². The van der Waals surface area contributed by atoms with Crippen molar-refractivity contribution in [1.29, 1.82) is 0 Å². The van der Waals surface area contributed by atoms with Gasteiger partial charge in [-0.3, -0.25) is 38.4 Å². The number of carbonyl (C=O) groups is 8. The van der Waals surface area contributed by atoms with Gasteiger partial charge in [0.15, 0.2) is 12.2 Å². The molecular formula is C48H86N8O19. The number of aliphatic hydroxyl groups is 2. The van der Waals surface area contributed by atoms with Gasteiger partial charge in [0.1, 0.15) is 68.8 Å². The first-order chi connectivity index (χ1) is 35.2. The molecule has 1 aromatic rings. The Morgan fingerprint density at radius 3 is 1.19 bits per heavy atom. The summed E-state index contributed by atoms with van der Waals surface area (Å²) >= 11 is 0. The van der Waals surface area contributed by atoms with Crippen molar-refractivity contribution in [2.24, 2.45) is 63.6 Å². The molecule has 0 aliphatic rings. The second kappa shape index (κ2) is 41.7. The van der Waals surface area contributed by atoms with Crippen molar-refractivity contribution < 1.29 is 91.2 Å². The van der Waals surface area contributed by atoms with E-state index in [0.717, 1.165) is 5.56 Å². The van der Waals surface area contributed by atoms with Crippen molar-refractivity contribution in [1.82, 2.24) is 0 Å². The summed E-state index contributed by atoms with van der Waals surface area (Å²) in [6, 6.07) is 4.79. The molecule has 4 unspecified atom stereocenters. The second-order valence-electron chi connectivity index (χ2n) is 18.2. The molecule has 0 spiro atoms. The number of rotatable bonds is 34. The first-order valence-corrected chi connectivity index (χ1v) is 24.4. The Balaban J connectivity index is 0. The monoisotopic (exact) mass is 1080 g/mol. The molecule has 0 aliphatic heterocycles. The standard InChI is InChI=1S/C20H31N3O6.C17H33N3O9.C11H22N2O4/c1-13(2)8-16(22)20(26)29-15(11-27-18(24)10-21)12-28-19(25)17(23)9-14-6-4-3-5-7-14;1-10(2)3-13(19)16(24)29-12(9-27-15(23)4-18)8-26-7-11(5-21)28-17(25)14(20)6-22;1-7(2)4-9(13)11(15)17-8(3)6-16-10(14)5-12/h3-7,13,15-17H,8-12,21-23H2,1-2H3;10-14,21-22H,3-9,18-20H2,1-2H3;7-9H,4-6,12-13H2,1-3H3/t15?,16-,17-;11?,12?,13-,14-;8?,9-/m000/s1. The van der Waals surface area contributed by atoms with Crippen molar-refractivity contribution in [3.05, 3.63) is 35.9 Å². The van der Waals surface area contributed by atoms with Crippen LogP contribution in [0.25, 0.3) is 0 Å². The highest BCUT2D eigenvalue weighted by Gasteiger charge is 2.27. The number of ether oxygens (including phenoxy) is 9. The maximum Gasteiger partial charge on any atom is 0.325 e. The van der Waals surface area contributed by atoms with Gasteiger partial charge >= 0.3 is 47.8 Å². The van der Waals surface area contributed by atoms with Gasteiger partial charge in [0.05, 0.1) is 46.1 Å². The molecule has 18 N–H and O–H groups in total. The zero-order valence-corrected chi connectivity index (χ0v) is 44.4. The summed E-state index contributed by atoms with van der Waals surface area (Å²) in [4.78, 5) is 92.7. The molecule has 0 saturated heterocycles. The number of hydrogen-bond acceptors (Lipinski definition) is 27. The molecule has 75 heavy (non-hydrogen) atoms. The van der Waals surface area contributed by atoms with Crippen LogP contribution in [0.1, 0.15) is 73.3 Å². The third-order valence-electron chi connectivity index (χ3n) is 9.41. The molecule has 27 heteroatoms. The minimum absolute atomic E-state index is 0.00380. The highest BCUT2D eigenvalue weighted by atomic mass is 16.6. The van der Waals surface area contributed by atoms with Gasteiger partial charge in [0.25, 0.3) is 0 Å². The van der Waals surface area contributed by atoms with E-state index in [0.29, 0.717) is 31.6 Å². The second-order valence-corrected chi connectivity index (χ2v) is 18.2. The van der Waals surface area contributed by atoms with E-state index in [9.17, 15) is 43.5 Å². The van der Waals surface area contributed by atoms with Crippen LogP contribution in [-0.2, 0) is 87.4 Å². The van der Waals surface area contributed by atoms with Crippen molar-refractivity contribution in [2.45, 2.75) is 129 Å². The fourth-order valence-corrected chi connectivity index (χ4v) is 5.64. The average molecular weight is 1080 g/mol. The van der Waals surface area contributed by atoms with Crippen LogP contribution in [0.4, 0.5) is 0 Å². The van der Waals surface area contributed by atoms with Crippen LogP contribution in [0.15, 0.2) is 30.3 Å². The van der Waals surface area contributed by atoms with Crippen LogP contribution in [0, 0.1) is 17.8 Å². The van der Waals surface area contributed by atoms with E-state index in [1.165, 1.54) is 0 Å². The number of aliphatic hydroxyl groups excluding tert-OH is 2. The third-order valence-corrected chi connectivity index (χ3v) is 9.41. The van der Waals surface area contributed by atoms with Crippen LogP contribution >= 0.6 is 0 Å². The summed E-state index contributed by atoms with van der Waals surface area (Å²) in [6.07, 6.45) is -1.87. The molecule has 27 nitrogen and oxygen atoms in total. The SMILES string of the molecule is CC(C)C[C@H](N)C(=O)OC(C)COC(=O)CN.CC(C)C[C@H](N)C(=O)OC(COC(=O)CN)COC(=O)[C@@H](N)Cc1ccccc1.CC(C)C[C@H](N)C(=O)OC(COCC(CO)OC(=O)[C@@H](N)CO)COC(=O)CN. The van der Waals surface area contributed by atoms with E-state index in [4.69, 9.17) is 93.6 Å². The van der Waals surface area contributed by atoms with Crippen LogP contribution < -0.4 is 45.9 Å². The maximum atomic E-state index is 12.2. The Kier molecular flexibility index (Phi) is 39.9. The number of hydrogen-bond donors (Lipinski definition) is 10. The summed E-state index contributed by atoms with van der Waals surface area (Å²) in [5.41, 5.74) is 44.7. The van der Waals surface area contributed by atoms with E-state index in [-0.39, 0.29) is 71.1 Å². The summed E-state index contributed by atoms with van der Waals surface area (Å²) < 4.78 is 45.4. The predicted molar refractivity (Wildman–Crippen MR) is 270 cm³/mol. The maximum absolute atomic E-state index is 12.2. The smallest absolute Gasteiger partial charge is 0.325 e. The Bertz CT molecular complexity index is 1800. The minimum Gasteiger partial charge on any atom is -0.461 e. The molecule has 0 aromatic heterocycles. The van der Waals surface area contributed by atoms with Gasteiger partial charge in [-0.1, -0.05) is 71.9 Å². The van der Waals surface area contributed by atoms with Crippen molar-refractivity contribution in [3.8, 4) is 0 Å². The summed E-state index contributed by atoms with van der Waals surface area (Å²) in [6.45, 7) is 9.76. The lowest BCUT2D eigenvalue weighted by Gasteiger charge is -2.22. The highest BCUT2D eigenvalue weighted by Crippen LogP contribution is 2.10. The zero-order chi connectivity index (χ0) is 57.6. The Hall–Kier alpha value is -5.46. The van der Waals surface area contributed by atoms with Crippen molar-refractivity contribution >= 4 is 47.8 Å². The van der Waals surface area contributed by atoms with Gasteiger partial charge in [-0.15, -0.1) is 0 Å². The molecule has 0 saturated carbocycles. The van der Waals surface area contributed by atoms with Gasteiger partial charge < -0.3 is 98.7 Å². The fourth-order valence-electron chi connectivity index (χ4n) is 5.64. The zero-order valence-electron chi connectivity index (χ0n) is 44.4. The molecule has 0 radical (unpaired) electrons. The predicted octanol–water partition coefficient (Wildman–Crippen LogP) is -3.31. The number of esters is 8. The Morgan fingerprint density at radius 2 is 0.787 bits per heavy atom. The topological polar surface area (TPSA) is 468 Å². The average Bonchev–Trinajstić information content (AvgIpc) is 3.36. The molecule has 0 heterocycles. The quantitative estimate of drug-likeness (QED) is 0.0239. The number of benzene rings is 1. The van der Waals surface area contributed by atoms with Gasteiger partial charge in [0, 0.05) is 0 Å². The Morgan fingerprint density at radius 1 is 0.427 bits per heavy atom. The molecule has 1 aromatic carbocycles. The molecule has 0 bridgehead atoms. The summed E-state index contributed by atoms with van der Waals surface area (Å²) in [5.74, 6) is -4.61. The molecule has 0 amide bonds. The van der Waals surface area contributed by atoms with Crippen molar-refractivity contribution in [2.75, 3.05) is 72.5 Å². The lowest BCUT2D eigenvalue weighted by atomic mass is 10.0. The first-order valence-electron chi connectivity index (χ1n) is 24.4. The van der Waals surface area contributed by atoms with Gasteiger partial charge in [-0.2, -0.15) is 0 Å². The molecular weight excluding hydrogens is 993 g/mol. The van der Waals surface area contributed by atoms with Crippen LogP contribution in [0.2, 0.25) is 0 Å². The van der Waals surface area contributed by atoms with E-state index in [2.05, 4.69) is 0 Å². The molecule has 0 fully saturated rings. The highest BCUT2D eigenvalue weighted by molar-refractivity contribution is 5.78. The van der Waals surface area contributed by atoms with E-state index < -0.39 is 116 Å². The van der Waals surface area contributed by atoms with Crippen molar-refractivity contribution in [3.63, 3.8) is 0 Å². The molecule has 0 aliphatic carbocycles.